The molecule has 5 nitrogen and oxygen atoms in total. The van der Waals surface area contributed by atoms with Gasteiger partial charge in [0.25, 0.3) is 5.91 Å². The van der Waals surface area contributed by atoms with Crippen molar-refractivity contribution in [3.63, 3.8) is 0 Å². The van der Waals surface area contributed by atoms with Gasteiger partial charge >= 0.3 is 0 Å². The van der Waals surface area contributed by atoms with Crippen LogP contribution in [0.15, 0.2) is 30.3 Å². The lowest BCUT2D eigenvalue weighted by molar-refractivity contribution is -0.153. The number of rotatable bonds is 5. The molecule has 0 saturated carbocycles. The van der Waals surface area contributed by atoms with Crippen LogP contribution in [0.1, 0.15) is 32.3 Å². The molecule has 0 aliphatic carbocycles. The second-order valence-electron chi connectivity index (χ2n) is 7.87. The monoisotopic (exact) mass is 345 g/mol. The predicted molar refractivity (Wildman–Crippen MR) is 99.0 cm³/mol. The lowest BCUT2D eigenvalue weighted by Gasteiger charge is -2.40. The molecule has 25 heavy (non-hydrogen) atoms. The summed E-state index contributed by atoms with van der Waals surface area (Å²) in [5.74, 6) is 1.14. The summed E-state index contributed by atoms with van der Waals surface area (Å²) >= 11 is 0. The largest absolute Gasteiger partial charge is 0.369 e. The molecule has 138 valence electrons. The van der Waals surface area contributed by atoms with Crippen molar-refractivity contribution < 1.29 is 9.53 Å². The molecule has 2 fully saturated rings. The van der Waals surface area contributed by atoms with Crippen molar-refractivity contribution in [2.45, 2.75) is 44.8 Å². The maximum absolute atomic E-state index is 12.7. The van der Waals surface area contributed by atoms with Crippen LogP contribution in [-0.4, -0.2) is 49.2 Å². The zero-order valence-electron chi connectivity index (χ0n) is 15.6. The Bertz CT molecular complexity index is 576. The summed E-state index contributed by atoms with van der Waals surface area (Å²) in [6, 6.07) is 11.1. The Morgan fingerprint density at radius 2 is 2.08 bits per heavy atom. The van der Waals surface area contributed by atoms with Crippen molar-refractivity contribution in [1.29, 1.82) is 0 Å². The summed E-state index contributed by atoms with van der Waals surface area (Å²) in [4.78, 5) is 14.7. The van der Waals surface area contributed by atoms with E-state index in [1.807, 2.05) is 18.7 Å². The van der Waals surface area contributed by atoms with Gasteiger partial charge in [0.1, 0.15) is 5.60 Å². The zero-order chi connectivity index (χ0) is 17.9. The van der Waals surface area contributed by atoms with Crippen molar-refractivity contribution in [2.24, 2.45) is 11.8 Å². The molecular formula is C20H31N3O2. The van der Waals surface area contributed by atoms with Crippen molar-refractivity contribution in [2.75, 3.05) is 26.7 Å². The van der Waals surface area contributed by atoms with E-state index in [-0.39, 0.29) is 5.91 Å². The second-order valence-corrected chi connectivity index (χ2v) is 7.87. The lowest BCUT2D eigenvalue weighted by atomic mass is 9.81. The zero-order valence-corrected chi connectivity index (χ0v) is 15.6. The van der Waals surface area contributed by atoms with Crippen molar-refractivity contribution in [3.8, 4) is 0 Å². The van der Waals surface area contributed by atoms with Gasteiger partial charge in [0.2, 0.25) is 0 Å². The number of hydrogen-bond acceptors (Lipinski definition) is 4. The van der Waals surface area contributed by atoms with Crippen LogP contribution >= 0.6 is 0 Å². The topological polar surface area (TPSA) is 53.6 Å². The molecule has 0 aromatic heterocycles. The van der Waals surface area contributed by atoms with Crippen LogP contribution in [0, 0.1) is 11.8 Å². The number of carbonyl (C=O) groups excluding carboxylic acids is 1. The summed E-state index contributed by atoms with van der Waals surface area (Å²) in [5, 5.41) is 0. The number of methoxy groups -OCH3 is 1. The number of piperidine rings is 1. The SMILES string of the molecule is COC(C)(C)C(=O)N1CCCC(C2NNCC2Cc2ccccc2)C1. The highest BCUT2D eigenvalue weighted by Crippen LogP contribution is 2.29. The number of nitrogens with zero attached hydrogens (tertiary/aromatic N) is 1. The van der Waals surface area contributed by atoms with Crippen molar-refractivity contribution in [3.05, 3.63) is 35.9 Å². The Balaban J connectivity index is 1.65. The summed E-state index contributed by atoms with van der Waals surface area (Å²) in [6.45, 7) is 6.34. The number of hydrazine groups is 1. The highest BCUT2D eigenvalue weighted by molar-refractivity contribution is 5.84. The Morgan fingerprint density at radius 3 is 2.80 bits per heavy atom. The fraction of sp³-hybridized carbons (Fsp3) is 0.650. The normalized spacial score (nSPS) is 27.5. The third-order valence-electron chi connectivity index (χ3n) is 5.76. The Kier molecular flexibility index (Phi) is 5.77. The number of likely N-dealkylation sites (tertiary alicyclic amines) is 1. The third-order valence-corrected chi connectivity index (χ3v) is 5.76. The lowest BCUT2D eigenvalue weighted by Crippen LogP contribution is -2.53. The van der Waals surface area contributed by atoms with Gasteiger partial charge in [-0.05, 0) is 50.5 Å². The minimum atomic E-state index is -0.743. The van der Waals surface area contributed by atoms with Crippen LogP contribution < -0.4 is 10.9 Å². The van der Waals surface area contributed by atoms with Crippen LogP contribution in [0.3, 0.4) is 0 Å². The molecule has 2 aliphatic rings. The van der Waals surface area contributed by atoms with Gasteiger partial charge in [-0.15, -0.1) is 0 Å². The standard InChI is InChI=1S/C20H31N3O2/c1-20(2,25-3)19(24)23-11-7-10-16(14-23)18-17(13-21-22-18)12-15-8-5-4-6-9-15/h4-6,8-9,16-18,21-22H,7,10-14H2,1-3H3. The van der Waals surface area contributed by atoms with Gasteiger partial charge in [0.15, 0.2) is 0 Å². The van der Waals surface area contributed by atoms with E-state index < -0.39 is 5.60 Å². The summed E-state index contributed by atoms with van der Waals surface area (Å²) < 4.78 is 5.39. The quantitative estimate of drug-likeness (QED) is 0.857. The molecule has 2 saturated heterocycles. The van der Waals surface area contributed by atoms with E-state index in [1.165, 1.54) is 12.0 Å². The molecule has 2 N–H and O–H groups in total. The smallest absolute Gasteiger partial charge is 0.254 e. The van der Waals surface area contributed by atoms with E-state index in [4.69, 9.17) is 4.74 Å². The fourth-order valence-corrected chi connectivity index (χ4v) is 4.13. The van der Waals surface area contributed by atoms with Gasteiger partial charge in [-0.2, -0.15) is 0 Å². The van der Waals surface area contributed by atoms with Crippen LogP contribution in [-0.2, 0) is 16.0 Å². The van der Waals surface area contributed by atoms with Crippen molar-refractivity contribution in [1.82, 2.24) is 15.8 Å². The molecular weight excluding hydrogens is 314 g/mol. The van der Waals surface area contributed by atoms with Gasteiger partial charge < -0.3 is 9.64 Å². The minimum Gasteiger partial charge on any atom is -0.369 e. The Hall–Kier alpha value is -1.43. The first-order chi connectivity index (χ1) is 12.0. The van der Waals surface area contributed by atoms with E-state index in [1.54, 1.807) is 7.11 Å². The first kappa shape index (κ1) is 18.4. The number of ether oxygens (including phenoxy) is 1. The first-order valence-corrected chi connectivity index (χ1v) is 9.38. The molecule has 0 spiro atoms. The molecule has 1 aromatic rings. The molecule has 3 unspecified atom stereocenters. The second kappa shape index (κ2) is 7.85. The van der Waals surface area contributed by atoms with Crippen molar-refractivity contribution >= 4 is 5.91 Å². The number of hydrogen-bond donors (Lipinski definition) is 2. The van der Waals surface area contributed by atoms with Gasteiger partial charge in [-0.25, -0.2) is 0 Å². The molecule has 3 atom stereocenters. The first-order valence-electron chi connectivity index (χ1n) is 9.38. The van der Waals surface area contributed by atoms with Crippen LogP contribution in [0.5, 0.6) is 0 Å². The number of benzene rings is 1. The number of carbonyl (C=O) groups is 1. The summed E-state index contributed by atoms with van der Waals surface area (Å²) in [6.07, 6.45) is 3.30. The fourth-order valence-electron chi connectivity index (χ4n) is 4.13. The van der Waals surface area contributed by atoms with E-state index in [9.17, 15) is 4.79 Å². The van der Waals surface area contributed by atoms with Gasteiger partial charge in [0.05, 0.1) is 0 Å². The average molecular weight is 345 g/mol. The summed E-state index contributed by atoms with van der Waals surface area (Å²) in [7, 11) is 1.61. The van der Waals surface area contributed by atoms with Gasteiger partial charge in [0, 0.05) is 32.8 Å². The molecule has 0 bridgehead atoms. The average Bonchev–Trinajstić information content (AvgIpc) is 3.10. The number of amides is 1. The van der Waals surface area contributed by atoms with E-state index in [0.717, 1.165) is 32.5 Å². The Morgan fingerprint density at radius 1 is 1.32 bits per heavy atom. The predicted octanol–water partition coefficient (Wildman–Crippen LogP) is 1.99. The third kappa shape index (κ3) is 4.22. The Labute approximate surface area is 151 Å². The van der Waals surface area contributed by atoms with E-state index in [2.05, 4.69) is 41.2 Å². The van der Waals surface area contributed by atoms with Crippen LogP contribution in [0.25, 0.3) is 0 Å². The van der Waals surface area contributed by atoms with Gasteiger partial charge in [-0.3, -0.25) is 15.6 Å². The van der Waals surface area contributed by atoms with E-state index >= 15 is 0 Å². The maximum atomic E-state index is 12.7. The molecule has 1 amide bonds. The molecule has 5 heteroatoms. The van der Waals surface area contributed by atoms with Gasteiger partial charge in [-0.1, -0.05) is 30.3 Å². The summed E-state index contributed by atoms with van der Waals surface area (Å²) in [5.41, 5.74) is 7.48. The maximum Gasteiger partial charge on any atom is 0.254 e. The molecule has 0 radical (unpaired) electrons. The molecule has 3 rings (SSSR count). The molecule has 1 aromatic carbocycles. The van der Waals surface area contributed by atoms with Crippen LogP contribution in [0.4, 0.5) is 0 Å². The highest BCUT2D eigenvalue weighted by Gasteiger charge is 2.39. The van der Waals surface area contributed by atoms with Crippen LogP contribution in [0.2, 0.25) is 0 Å². The number of nitrogens with one attached hydrogen (secondary N) is 2. The minimum absolute atomic E-state index is 0.102. The highest BCUT2D eigenvalue weighted by atomic mass is 16.5. The van der Waals surface area contributed by atoms with E-state index in [0.29, 0.717) is 17.9 Å². The molecule has 2 heterocycles. The molecule has 2 aliphatic heterocycles.